The zero-order chi connectivity index (χ0) is 30.1. The van der Waals surface area contributed by atoms with E-state index in [9.17, 15) is 9.18 Å². The lowest BCUT2D eigenvalue weighted by molar-refractivity contribution is -0.134. The van der Waals surface area contributed by atoms with Crippen molar-refractivity contribution in [2.24, 2.45) is 5.73 Å². The van der Waals surface area contributed by atoms with Gasteiger partial charge in [-0.25, -0.2) is 18.6 Å². The van der Waals surface area contributed by atoms with E-state index in [2.05, 4.69) is 20.4 Å². The number of aromatic amines is 1. The minimum Gasteiger partial charge on any atom is -0.497 e. The number of hydrogen-bond donors (Lipinski definition) is 6. The zero-order valence-electron chi connectivity index (χ0n) is 22.0. The average molecular weight is 571 g/mol. The number of pyridine rings is 1. The predicted molar refractivity (Wildman–Crippen MR) is 147 cm³/mol. The molecule has 13 nitrogen and oxygen atoms in total. The van der Waals surface area contributed by atoms with E-state index in [1.807, 2.05) is 0 Å². The molecule has 0 unspecified atom stereocenters. The number of carboxylic acid groups (broad SMARTS) is 1. The number of ether oxygens (including phenoxy) is 2. The third-order valence-electron chi connectivity index (χ3n) is 5.31. The van der Waals surface area contributed by atoms with Crippen molar-refractivity contribution in [1.82, 2.24) is 19.7 Å². The van der Waals surface area contributed by atoms with Gasteiger partial charge in [-0.05, 0) is 42.5 Å². The van der Waals surface area contributed by atoms with Crippen LogP contribution in [0.5, 0.6) is 11.5 Å². The number of methoxy groups -OCH3 is 1. The molecule has 216 valence electrons. The van der Waals surface area contributed by atoms with Crippen molar-refractivity contribution >= 4 is 23.3 Å². The summed E-state index contributed by atoms with van der Waals surface area (Å²) in [6, 6.07) is 12.8. The number of aromatic nitrogens is 4. The number of carbonyl (C=O) groups is 1. The van der Waals surface area contributed by atoms with Crippen molar-refractivity contribution in [3.05, 3.63) is 87.9 Å². The first-order valence-electron chi connectivity index (χ1n) is 11.9. The number of hydrogen-bond acceptors (Lipinski definition) is 9. The lowest BCUT2D eigenvalue weighted by Gasteiger charge is -2.21. The van der Waals surface area contributed by atoms with Crippen molar-refractivity contribution in [2.75, 3.05) is 31.4 Å². The number of alkyl halides is 1. The van der Waals surface area contributed by atoms with Gasteiger partial charge in [0, 0.05) is 29.8 Å². The minimum atomic E-state index is -1.07. The lowest BCUT2D eigenvalue weighted by Crippen LogP contribution is -2.18. The molecule has 15 heteroatoms. The van der Waals surface area contributed by atoms with E-state index in [4.69, 9.17) is 36.3 Å². The molecular weight excluding hydrogens is 542 g/mol. The van der Waals surface area contributed by atoms with Gasteiger partial charge in [-0.2, -0.15) is 4.68 Å². The summed E-state index contributed by atoms with van der Waals surface area (Å²) in [5.74, 6) is -1.36. The SMILES string of the molecule is CC(=O)O.COc1cc(OCCF)c(F)c([C@H](Nc2ccc(C(=N)N)cc2)c2nn(-c3cccc(N)n3)c(=O)[nH]2)c1. The summed E-state index contributed by atoms with van der Waals surface area (Å²) in [4.78, 5) is 28.5. The van der Waals surface area contributed by atoms with Crippen LogP contribution in [0.25, 0.3) is 5.82 Å². The summed E-state index contributed by atoms with van der Waals surface area (Å²) in [7, 11) is 1.39. The number of rotatable bonds is 10. The molecule has 0 spiro atoms. The Labute approximate surface area is 232 Å². The van der Waals surface area contributed by atoms with E-state index >= 15 is 4.39 Å². The number of anilines is 2. The van der Waals surface area contributed by atoms with Crippen molar-refractivity contribution in [1.29, 1.82) is 5.41 Å². The Bertz CT molecular complexity index is 1570. The number of H-pyrrole nitrogens is 1. The summed E-state index contributed by atoms with van der Waals surface area (Å²) in [5, 5.41) is 22.5. The highest BCUT2D eigenvalue weighted by atomic mass is 19.1. The molecule has 0 saturated carbocycles. The molecule has 0 aliphatic rings. The van der Waals surface area contributed by atoms with Crippen molar-refractivity contribution in [3.63, 3.8) is 0 Å². The van der Waals surface area contributed by atoms with E-state index in [0.717, 1.165) is 11.6 Å². The predicted octanol–water partition coefficient (Wildman–Crippen LogP) is 2.61. The first kappa shape index (κ1) is 30.1. The minimum absolute atomic E-state index is 0.00490. The topological polar surface area (TPSA) is 207 Å². The molecule has 2 aromatic carbocycles. The summed E-state index contributed by atoms with van der Waals surface area (Å²) in [5.41, 5.74) is 11.6. The Morgan fingerprint density at radius 2 is 1.93 bits per heavy atom. The number of benzene rings is 2. The van der Waals surface area contributed by atoms with Crippen molar-refractivity contribution in [3.8, 4) is 17.3 Å². The maximum atomic E-state index is 15.7. The van der Waals surface area contributed by atoms with E-state index < -0.39 is 30.2 Å². The first-order valence-corrected chi connectivity index (χ1v) is 11.9. The third-order valence-corrected chi connectivity index (χ3v) is 5.31. The van der Waals surface area contributed by atoms with E-state index in [-0.39, 0.29) is 47.0 Å². The quantitative estimate of drug-likeness (QED) is 0.121. The van der Waals surface area contributed by atoms with Gasteiger partial charge >= 0.3 is 5.69 Å². The monoisotopic (exact) mass is 570 g/mol. The van der Waals surface area contributed by atoms with Gasteiger partial charge in [-0.1, -0.05) is 6.07 Å². The Hall–Kier alpha value is -5.47. The van der Waals surface area contributed by atoms with Crippen LogP contribution in [0.15, 0.2) is 59.4 Å². The Morgan fingerprint density at radius 3 is 2.51 bits per heavy atom. The second-order valence-electron chi connectivity index (χ2n) is 8.30. The molecule has 2 aromatic heterocycles. The molecule has 0 aliphatic carbocycles. The van der Waals surface area contributed by atoms with Crippen LogP contribution in [0.2, 0.25) is 0 Å². The van der Waals surface area contributed by atoms with Crippen LogP contribution < -0.4 is 31.9 Å². The van der Waals surface area contributed by atoms with Gasteiger partial charge in [0.1, 0.15) is 36.7 Å². The van der Waals surface area contributed by atoms with E-state index in [1.54, 1.807) is 42.5 Å². The van der Waals surface area contributed by atoms with Crippen LogP contribution in [-0.4, -0.2) is 57.1 Å². The summed E-state index contributed by atoms with van der Waals surface area (Å²) in [6.07, 6.45) is 0. The van der Waals surface area contributed by atoms with E-state index in [0.29, 0.717) is 11.3 Å². The molecule has 8 N–H and O–H groups in total. The number of nitrogen functional groups attached to an aromatic ring is 2. The molecule has 1 atom stereocenters. The Morgan fingerprint density at radius 1 is 1.24 bits per heavy atom. The van der Waals surface area contributed by atoms with Crippen LogP contribution in [-0.2, 0) is 4.79 Å². The Balaban J connectivity index is 0.00000108. The summed E-state index contributed by atoms with van der Waals surface area (Å²) >= 11 is 0. The fraction of sp³-hybridized carbons (Fsp3) is 0.192. The smallest absolute Gasteiger partial charge is 0.349 e. The number of aliphatic carboxylic acids is 1. The maximum Gasteiger partial charge on any atom is 0.349 e. The van der Waals surface area contributed by atoms with E-state index in [1.165, 1.54) is 19.2 Å². The van der Waals surface area contributed by atoms with Gasteiger partial charge in [-0.15, -0.1) is 5.10 Å². The molecule has 4 aromatic rings. The standard InChI is InChI=1S/C24H24F2N8O3.C2H4O2/c1-36-15-11-16(20(26)17(12-15)37-10-9-25)21(30-14-7-5-13(6-8-14)22(28)29)23-32-24(35)34(33-23)19-4-2-3-18(27)31-19;1-2(3)4/h2-8,11-12,21,30H,9-10H2,1H3,(H2,27,31)(H3,28,29)(H,32,33,35);1H3,(H,3,4)/t21-;/m0./s1. The lowest BCUT2D eigenvalue weighted by atomic mass is 10.0. The van der Waals surface area contributed by atoms with Crippen molar-refractivity contribution < 1.29 is 28.2 Å². The van der Waals surface area contributed by atoms with Gasteiger partial charge in [-0.3, -0.25) is 15.2 Å². The Kier molecular flexibility index (Phi) is 9.94. The third kappa shape index (κ3) is 7.78. The molecule has 0 saturated heterocycles. The van der Waals surface area contributed by atoms with Gasteiger partial charge in [0.05, 0.1) is 7.11 Å². The molecule has 41 heavy (non-hydrogen) atoms. The van der Waals surface area contributed by atoms with Crippen LogP contribution in [0, 0.1) is 11.2 Å². The number of nitrogens with two attached hydrogens (primary N) is 2. The normalized spacial score (nSPS) is 11.1. The zero-order valence-corrected chi connectivity index (χ0v) is 22.0. The van der Waals surface area contributed by atoms with Gasteiger partial charge < -0.3 is 31.4 Å². The van der Waals surface area contributed by atoms with Crippen LogP contribution in [0.1, 0.15) is 29.9 Å². The highest BCUT2D eigenvalue weighted by Gasteiger charge is 2.27. The van der Waals surface area contributed by atoms with Gasteiger partial charge in [0.25, 0.3) is 5.97 Å². The molecule has 0 fully saturated rings. The maximum absolute atomic E-state index is 15.7. The fourth-order valence-electron chi connectivity index (χ4n) is 3.56. The number of amidine groups is 1. The number of nitrogens with zero attached hydrogens (tertiary/aromatic N) is 3. The number of halogens is 2. The van der Waals surface area contributed by atoms with Gasteiger partial charge in [0.15, 0.2) is 23.2 Å². The average Bonchev–Trinajstić information content (AvgIpc) is 3.32. The molecular formula is C26H28F2N8O5. The molecule has 0 radical (unpaired) electrons. The van der Waals surface area contributed by atoms with Crippen LogP contribution in [0.3, 0.4) is 0 Å². The van der Waals surface area contributed by atoms with Gasteiger partial charge in [0.2, 0.25) is 0 Å². The summed E-state index contributed by atoms with van der Waals surface area (Å²) < 4.78 is 39.9. The number of carboxylic acids is 1. The highest BCUT2D eigenvalue weighted by molar-refractivity contribution is 5.95. The molecule has 0 aliphatic heterocycles. The molecule has 4 rings (SSSR count). The first-order chi connectivity index (χ1) is 19.5. The molecule has 2 heterocycles. The molecule has 0 bridgehead atoms. The fourth-order valence-corrected chi connectivity index (χ4v) is 3.56. The highest BCUT2D eigenvalue weighted by Crippen LogP contribution is 2.35. The number of nitrogens with one attached hydrogen (secondary N) is 3. The summed E-state index contributed by atoms with van der Waals surface area (Å²) in [6.45, 7) is -0.0955. The van der Waals surface area contributed by atoms with Crippen LogP contribution in [0.4, 0.5) is 20.3 Å². The second-order valence-corrected chi connectivity index (χ2v) is 8.30. The second kappa shape index (κ2) is 13.5. The largest absolute Gasteiger partial charge is 0.497 e. The van der Waals surface area contributed by atoms with Crippen LogP contribution >= 0.6 is 0 Å². The molecule has 0 amide bonds. The van der Waals surface area contributed by atoms with Crippen molar-refractivity contribution in [2.45, 2.75) is 13.0 Å².